The average molecular weight is 309 g/mol. The molecule has 3 rings (SSSR count). The van der Waals surface area contributed by atoms with Crippen molar-refractivity contribution in [3.8, 4) is 5.75 Å². The molecular weight excluding hydrogens is 286 g/mol. The molecule has 1 heterocycles. The van der Waals surface area contributed by atoms with Crippen LogP contribution in [0.5, 0.6) is 5.75 Å². The summed E-state index contributed by atoms with van der Waals surface area (Å²) >= 11 is 0. The summed E-state index contributed by atoms with van der Waals surface area (Å²) in [6, 6.07) is 14.5. The van der Waals surface area contributed by atoms with Crippen LogP contribution in [-0.4, -0.2) is 24.5 Å². The highest BCUT2D eigenvalue weighted by atomic mass is 16.5. The van der Waals surface area contributed by atoms with E-state index < -0.39 is 0 Å². The second kappa shape index (κ2) is 6.86. The highest BCUT2D eigenvalue weighted by Gasteiger charge is 2.19. The minimum atomic E-state index is 0.243. The molecule has 0 aliphatic carbocycles. The fourth-order valence-electron chi connectivity index (χ4n) is 3.21. The number of amides is 1. The first-order chi connectivity index (χ1) is 11.2. The summed E-state index contributed by atoms with van der Waals surface area (Å²) in [7, 11) is 1.68. The molecule has 0 atom stereocenters. The van der Waals surface area contributed by atoms with Gasteiger partial charge in [0.2, 0.25) is 5.91 Å². The molecule has 1 amide bonds. The van der Waals surface area contributed by atoms with Crippen LogP contribution in [0.25, 0.3) is 0 Å². The van der Waals surface area contributed by atoms with E-state index in [1.807, 2.05) is 30.0 Å². The van der Waals surface area contributed by atoms with Gasteiger partial charge in [-0.1, -0.05) is 36.4 Å². The molecule has 0 bridgehead atoms. The number of aryl methyl sites for hydroxylation is 2. The van der Waals surface area contributed by atoms with Gasteiger partial charge in [-0.2, -0.15) is 0 Å². The average Bonchev–Trinajstić information content (AvgIpc) is 2.59. The molecule has 0 aromatic heterocycles. The number of methoxy groups -OCH3 is 1. The van der Waals surface area contributed by atoms with Gasteiger partial charge in [-0.15, -0.1) is 0 Å². The Hall–Kier alpha value is -2.29. The van der Waals surface area contributed by atoms with E-state index in [0.29, 0.717) is 6.42 Å². The number of rotatable bonds is 4. The van der Waals surface area contributed by atoms with E-state index in [1.165, 1.54) is 16.7 Å². The number of benzene rings is 2. The highest BCUT2D eigenvalue weighted by molar-refractivity contribution is 5.76. The van der Waals surface area contributed by atoms with Gasteiger partial charge in [0, 0.05) is 19.5 Å². The lowest BCUT2D eigenvalue weighted by Gasteiger charge is -2.29. The van der Waals surface area contributed by atoms with Gasteiger partial charge in [0.1, 0.15) is 5.75 Å². The van der Waals surface area contributed by atoms with Crippen LogP contribution in [0.3, 0.4) is 0 Å². The number of nitrogens with zero attached hydrogens (tertiary/aromatic N) is 1. The summed E-state index contributed by atoms with van der Waals surface area (Å²) in [5, 5.41) is 0. The molecule has 2 aromatic carbocycles. The fourth-order valence-corrected chi connectivity index (χ4v) is 3.21. The monoisotopic (exact) mass is 309 g/mol. The van der Waals surface area contributed by atoms with Crippen LogP contribution in [0.15, 0.2) is 42.5 Å². The fraction of sp³-hybridized carbons (Fsp3) is 0.350. The molecule has 0 fully saturated rings. The first-order valence-corrected chi connectivity index (χ1v) is 8.15. The molecule has 3 heteroatoms. The van der Waals surface area contributed by atoms with Crippen molar-refractivity contribution in [1.82, 2.24) is 4.90 Å². The Bertz CT molecular complexity index is 709. The molecule has 3 nitrogen and oxygen atoms in total. The van der Waals surface area contributed by atoms with Crippen LogP contribution < -0.4 is 4.74 Å². The molecule has 120 valence electrons. The molecule has 23 heavy (non-hydrogen) atoms. The Morgan fingerprint density at radius 1 is 1.17 bits per heavy atom. The smallest absolute Gasteiger partial charge is 0.223 e. The van der Waals surface area contributed by atoms with Crippen molar-refractivity contribution < 1.29 is 9.53 Å². The zero-order valence-electron chi connectivity index (χ0n) is 13.8. The molecule has 0 N–H and O–H groups in total. The van der Waals surface area contributed by atoms with Crippen molar-refractivity contribution in [2.45, 2.75) is 32.7 Å². The summed E-state index contributed by atoms with van der Waals surface area (Å²) in [5.74, 6) is 1.14. The normalized spacial score (nSPS) is 13.6. The maximum Gasteiger partial charge on any atom is 0.223 e. The summed E-state index contributed by atoms with van der Waals surface area (Å²) in [6.07, 6.45) is 2.30. The van der Waals surface area contributed by atoms with E-state index in [2.05, 4.69) is 24.3 Å². The lowest BCUT2D eigenvalue weighted by Crippen LogP contribution is -2.36. The van der Waals surface area contributed by atoms with Gasteiger partial charge in [0.25, 0.3) is 0 Å². The molecular formula is C20H23NO2. The van der Waals surface area contributed by atoms with Crippen LogP contribution in [0.4, 0.5) is 0 Å². The predicted octanol–water partition coefficient (Wildman–Crippen LogP) is 3.52. The lowest BCUT2D eigenvalue weighted by atomic mass is 9.99. The number of carbonyl (C=O) groups is 1. The second-order valence-corrected chi connectivity index (χ2v) is 6.14. The number of fused-ring (bicyclic) bond motifs is 1. The van der Waals surface area contributed by atoms with Gasteiger partial charge >= 0.3 is 0 Å². The summed E-state index contributed by atoms with van der Waals surface area (Å²) in [5.41, 5.74) is 4.97. The Morgan fingerprint density at radius 2 is 1.96 bits per heavy atom. The first-order valence-electron chi connectivity index (χ1n) is 8.15. The van der Waals surface area contributed by atoms with Crippen molar-refractivity contribution in [1.29, 1.82) is 0 Å². The minimum Gasteiger partial charge on any atom is -0.496 e. The zero-order chi connectivity index (χ0) is 16.2. The Kier molecular flexibility index (Phi) is 4.65. The molecule has 0 unspecified atom stereocenters. The van der Waals surface area contributed by atoms with Crippen LogP contribution in [0, 0.1) is 6.92 Å². The largest absolute Gasteiger partial charge is 0.496 e. The Labute approximate surface area is 137 Å². The predicted molar refractivity (Wildman–Crippen MR) is 91.6 cm³/mol. The van der Waals surface area contributed by atoms with Gasteiger partial charge in [-0.25, -0.2) is 0 Å². The van der Waals surface area contributed by atoms with Crippen molar-refractivity contribution >= 4 is 5.91 Å². The number of carbonyl (C=O) groups excluding carboxylic acids is 1. The number of hydrogen-bond acceptors (Lipinski definition) is 2. The number of hydrogen-bond donors (Lipinski definition) is 0. The van der Waals surface area contributed by atoms with E-state index in [0.717, 1.165) is 37.2 Å². The van der Waals surface area contributed by atoms with Crippen LogP contribution in [0.1, 0.15) is 28.7 Å². The van der Waals surface area contributed by atoms with Crippen molar-refractivity contribution in [3.63, 3.8) is 0 Å². The molecule has 1 aliphatic heterocycles. The third-order valence-electron chi connectivity index (χ3n) is 4.57. The van der Waals surface area contributed by atoms with E-state index in [1.54, 1.807) is 7.11 Å². The summed E-state index contributed by atoms with van der Waals surface area (Å²) in [4.78, 5) is 14.5. The molecule has 0 spiro atoms. The first kappa shape index (κ1) is 15.6. The van der Waals surface area contributed by atoms with Gasteiger partial charge < -0.3 is 9.64 Å². The molecule has 0 radical (unpaired) electrons. The summed E-state index contributed by atoms with van der Waals surface area (Å²) < 4.78 is 5.28. The van der Waals surface area contributed by atoms with Crippen molar-refractivity contribution in [2.75, 3.05) is 13.7 Å². The third kappa shape index (κ3) is 3.55. The third-order valence-corrected chi connectivity index (χ3v) is 4.57. The van der Waals surface area contributed by atoms with E-state index in [-0.39, 0.29) is 5.91 Å². The Morgan fingerprint density at radius 3 is 2.70 bits per heavy atom. The highest BCUT2D eigenvalue weighted by Crippen LogP contribution is 2.21. The van der Waals surface area contributed by atoms with Crippen LogP contribution in [0.2, 0.25) is 0 Å². The quantitative estimate of drug-likeness (QED) is 0.865. The maximum atomic E-state index is 12.5. The molecule has 2 aromatic rings. The van der Waals surface area contributed by atoms with E-state index >= 15 is 0 Å². The van der Waals surface area contributed by atoms with Crippen LogP contribution in [-0.2, 0) is 24.2 Å². The van der Waals surface area contributed by atoms with Crippen molar-refractivity contribution in [3.05, 3.63) is 64.7 Å². The van der Waals surface area contributed by atoms with E-state index in [4.69, 9.17) is 4.74 Å². The van der Waals surface area contributed by atoms with Crippen LogP contribution >= 0.6 is 0 Å². The molecule has 1 aliphatic rings. The topological polar surface area (TPSA) is 29.5 Å². The minimum absolute atomic E-state index is 0.243. The number of ether oxygens (including phenoxy) is 1. The molecule has 0 saturated carbocycles. The summed E-state index contributed by atoms with van der Waals surface area (Å²) in [6.45, 7) is 3.61. The zero-order valence-corrected chi connectivity index (χ0v) is 13.8. The van der Waals surface area contributed by atoms with Crippen molar-refractivity contribution in [2.24, 2.45) is 0 Å². The van der Waals surface area contributed by atoms with E-state index in [9.17, 15) is 4.79 Å². The van der Waals surface area contributed by atoms with Gasteiger partial charge in [0.05, 0.1) is 7.11 Å². The van der Waals surface area contributed by atoms with Gasteiger partial charge in [-0.3, -0.25) is 4.79 Å². The van der Waals surface area contributed by atoms with Gasteiger partial charge in [-0.05, 0) is 48.1 Å². The Balaban J connectivity index is 1.59. The molecule has 0 saturated heterocycles. The standard InChI is InChI=1S/C20H23NO2/c1-15-13-16(7-9-19(15)23-2)8-10-20(22)21-12-11-17-5-3-4-6-18(17)14-21/h3-7,9,13H,8,10-12,14H2,1-2H3. The second-order valence-electron chi connectivity index (χ2n) is 6.14. The SMILES string of the molecule is COc1ccc(CCC(=O)N2CCc3ccccc3C2)cc1C. The van der Waals surface area contributed by atoms with Gasteiger partial charge in [0.15, 0.2) is 0 Å². The maximum absolute atomic E-state index is 12.5. The lowest BCUT2D eigenvalue weighted by molar-refractivity contribution is -0.132.